The SMILES string of the molecule is C=CC(=O)Nc1ccc(Sc2ccc(OP(=O)(O)O)cc2)cc1. The topological polar surface area (TPSA) is 95.9 Å². The first-order valence-electron chi connectivity index (χ1n) is 6.42. The van der Waals surface area contributed by atoms with Gasteiger partial charge in [0.25, 0.3) is 0 Å². The third-order valence-electron chi connectivity index (χ3n) is 2.59. The molecule has 2 aromatic rings. The van der Waals surface area contributed by atoms with E-state index in [0.717, 1.165) is 9.79 Å². The predicted octanol–water partition coefficient (Wildman–Crippen LogP) is 3.43. The Morgan fingerprint density at radius 1 is 1.09 bits per heavy atom. The summed E-state index contributed by atoms with van der Waals surface area (Å²) in [6.07, 6.45) is 1.20. The highest BCUT2D eigenvalue weighted by Gasteiger charge is 2.15. The van der Waals surface area contributed by atoms with Crippen LogP contribution in [0.1, 0.15) is 0 Å². The highest BCUT2D eigenvalue weighted by atomic mass is 32.2. The maximum absolute atomic E-state index is 11.2. The van der Waals surface area contributed by atoms with E-state index < -0.39 is 7.82 Å². The molecule has 0 fully saturated rings. The van der Waals surface area contributed by atoms with Crippen molar-refractivity contribution in [2.45, 2.75) is 9.79 Å². The molecule has 3 N–H and O–H groups in total. The summed E-state index contributed by atoms with van der Waals surface area (Å²) in [5.74, 6) is -0.170. The van der Waals surface area contributed by atoms with Gasteiger partial charge in [-0.15, -0.1) is 0 Å². The van der Waals surface area contributed by atoms with E-state index in [0.29, 0.717) is 5.69 Å². The maximum Gasteiger partial charge on any atom is 0.524 e. The van der Waals surface area contributed by atoms with Gasteiger partial charge in [0.2, 0.25) is 5.91 Å². The monoisotopic (exact) mass is 351 g/mol. The van der Waals surface area contributed by atoms with E-state index >= 15 is 0 Å². The van der Waals surface area contributed by atoms with Crippen LogP contribution >= 0.6 is 19.6 Å². The van der Waals surface area contributed by atoms with E-state index in [1.54, 1.807) is 24.3 Å². The normalized spacial score (nSPS) is 10.9. The molecule has 2 aromatic carbocycles. The average Bonchev–Trinajstić information content (AvgIpc) is 2.49. The van der Waals surface area contributed by atoms with Crippen molar-refractivity contribution in [2.24, 2.45) is 0 Å². The average molecular weight is 351 g/mol. The first kappa shape index (κ1) is 17.3. The lowest BCUT2D eigenvalue weighted by molar-refractivity contribution is -0.111. The van der Waals surface area contributed by atoms with E-state index in [1.165, 1.54) is 30.0 Å². The molecule has 0 heterocycles. The zero-order valence-electron chi connectivity index (χ0n) is 11.9. The number of nitrogens with one attached hydrogen (secondary N) is 1. The second-order valence-corrected chi connectivity index (χ2v) is 6.68. The van der Waals surface area contributed by atoms with E-state index in [2.05, 4.69) is 16.4 Å². The minimum Gasteiger partial charge on any atom is -0.404 e. The van der Waals surface area contributed by atoms with Crippen molar-refractivity contribution in [1.82, 2.24) is 0 Å². The Labute approximate surface area is 137 Å². The van der Waals surface area contributed by atoms with Crippen LogP contribution in [0.4, 0.5) is 5.69 Å². The van der Waals surface area contributed by atoms with Gasteiger partial charge < -0.3 is 9.84 Å². The molecule has 120 valence electrons. The van der Waals surface area contributed by atoms with Gasteiger partial charge >= 0.3 is 7.82 Å². The number of anilines is 1. The van der Waals surface area contributed by atoms with Crippen LogP contribution in [0, 0.1) is 0 Å². The van der Waals surface area contributed by atoms with E-state index in [-0.39, 0.29) is 11.7 Å². The molecular weight excluding hydrogens is 337 g/mol. The largest absolute Gasteiger partial charge is 0.524 e. The number of benzene rings is 2. The van der Waals surface area contributed by atoms with E-state index in [4.69, 9.17) is 9.79 Å². The highest BCUT2D eigenvalue weighted by Crippen LogP contribution is 2.38. The summed E-state index contributed by atoms with van der Waals surface area (Å²) in [7, 11) is -4.54. The number of carbonyl (C=O) groups is 1. The van der Waals surface area contributed by atoms with Crippen LogP contribution < -0.4 is 9.84 Å². The Morgan fingerprint density at radius 3 is 2.09 bits per heavy atom. The molecule has 0 saturated heterocycles. The second kappa shape index (κ2) is 7.48. The summed E-state index contributed by atoms with van der Waals surface area (Å²) < 4.78 is 15.2. The standard InChI is InChI=1S/C15H14NO5PS/c1-2-15(17)16-11-3-7-13(8-4-11)23-14-9-5-12(6-10-14)21-22(18,19)20/h2-10H,1H2,(H,16,17)(H2,18,19,20). The number of rotatable bonds is 6. The molecule has 0 aliphatic heterocycles. The van der Waals surface area contributed by atoms with Gasteiger partial charge in [0.1, 0.15) is 5.75 Å². The molecule has 8 heteroatoms. The Morgan fingerprint density at radius 2 is 1.61 bits per heavy atom. The molecule has 0 radical (unpaired) electrons. The quantitative estimate of drug-likeness (QED) is 0.545. The number of hydrogen-bond donors (Lipinski definition) is 3. The van der Waals surface area contributed by atoms with Crippen LogP contribution in [0.2, 0.25) is 0 Å². The Balaban J connectivity index is 2.00. The minimum absolute atomic E-state index is 0.102. The number of carbonyl (C=O) groups excluding carboxylic acids is 1. The highest BCUT2D eigenvalue weighted by molar-refractivity contribution is 7.99. The van der Waals surface area contributed by atoms with Crippen molar-refractivity contribution in [2.75, 3.05) is 5.32 Å². The lowest BCUT2D eigenvalue weighted by Gasteiger charge is -2.08. The van der Waals surface area contributed by atoms with Crippen LogP contribution in [0.25, 0.3) is 0 Å². The van der Waals surface area contributed by atoms with Crippen molar-refractivity contribution in [3.05, 3.63) is 61.2 Å². The van der Waals surface area contributed by atoms with Gasteiger partial charge in [0, 0.05) is 15.5 Å². The fourth-order valence-electron chi connectivity index (χ4n) is 1.64. The van der Waals surface area contributed by atoms with Crippen LogP contribution in [-0.2, 0) is 9.36 Å². The summed E-state index contributed by atoms with van der Waals surface area (Å²) in [5, 5.41) is 2.66. The van der Waals surface area contributed by atoms with Crippen molar-refractivity contribution in [1.29, 1.82) is 0 Å². The second-order valence-electron chi connectivity index (χ2n) is 4.37. The first-order chi connectivity index (χ1) is 10.9. The first-order valence-corrected chi connectivity index (χ1v) is 8.77. The smallest absolute Gasteiger partial charge is 0.404 e. The molecule has 0 unspecified atom stereocenters. The molecule has 6 nitrogen and oxygen atoms in total. The fraction of sp³-hybridized carbons (Fsp3) is 0. The number of phosphoric ester groups is 1. The molecule has 0 saturated carbocycles. The zero-order valence-corrected chi connectivity index (χ0v) is 13.6. The molecule has 1 amide bonds. The predicted molar refractivity (Wildman–Crippen MR) is 88.5 cm³/mol. The zero-order chi connectivity index (χ0) is 16.9. The van der Waals surface area contributed by atoms with Gasteiger partial charge in [-0.3, -0.25) is 14.6 Å². The molecule has 0 atom stereocenters. The Hall–Kier alpha value is -2.05. The summed E-state index contributed by atoms with van der Waals surface area (Å²) in [5.41, 5.74) is 0.671. The van der Waals surface area contributed by atoms with Gasteiger partial charge in [-0.05, 0) is 54.6 Å². The molecule has 0 aliphatic rings. The molecule has 0 aromatic heterocycles. The van der Waals surface area contributed by atoms with Crippen molar-refractivity contribution < 1.29 is 23.7 Å². The van der Waals surface area contributed by atoms with Gasteiger partial charge in [0.05, 0.1) is 0 Å². The van der Waals surface area contributed by atoms with Crippen LogP contribution in [0.15, 0.2) is 71.0 Å². The summed E-state index contributed by atoms with van der Waals surface area (Å²) in [4.78, 5) is 30.5. The Kier molecular flexibility index (Phi) is 5.63. The lowest BCUT2D eigenvalue weighted by Crippen LogP contribution is -2.06. The maximum atomic E-state index is 11.2. The summed E-state index contributed by atoms with van der Waals surface area (Å²) >= 11 is 1.47. The molecule has 23 heavy (non-hydrogen) atoms. The Bertz CT molecular complexity index is 739. The summed E-state index contributed by atoms with van der Waals surface area (Å²) in [6.45, 7) is 3.38. The molecular formula is C15H14NO5PS. The number of phosphoric acid groups is 1. The molecule has 0 bridgehead atoms. The van der Waals surface area contributed by atoms with Crippen LogP contribution in [0.3, 0.4) is 0 Å². The summed E-state index contributed by atoms with van der Waals surface area (Å²) in [6, 6.07) is 13.6. The van der Waals surface area contributed by atoms with E-state index in [1.807, 2.05) is 12.1 Å². The molecule has 0 aliphatic carbocycles. The molecule has 0 spiro atoms. The van der Waals surface area contributed by atoms with E-state index in [9.17, 15) is 9.36 Å². The lowest BCUT2D eigenvalue weighted by atomic mass is 10.3. The fourth-order valence-corrected chi connectivity index (χ4v) is 2.85. The molecule has 2 rings (SSSR count). The van der Waals surface area contributed by atoms with Crippen LogP contribution in [0.5, 0.6) is 5.75 Å². The van der Waals surface area contributed by atoms with Crippen molar-refractivity contribution >= 4 is 31.2 Å². The number of amides is 1. The third-order valence-corrected chi connectivity index (χ3v) is 4.06. The van der Waals surface area contributed by atoms with Gasteiger partial charge in [-0.1, -0.05) is 18.3 Å². The van der Waals surface area contributed by atoms with Gasteiger partial charge in [-0.2, -0.15) is 0 Å². The minimum atomic E-state index is -4.54. The van der Waals surface area contributed by atoms with Crippen LogP contribution in [-0.4, -0.2) is 15.7 Å². The third kappa shape index (κ3) is 5.92. The number of hydrogen-bond acceptors (Lipinski definition) is 4. The van der Waals surface area contributed by atoms with Crippen molar-refractivity contribution in [3.63, 3.8) is 0 Å². The van der Waals surface area contributed by atoms with Crippen molar-refractivity contribution in [3.8, 4) is 5.75 Å². The van der Waals surface area contributed by atoms with Gasteiger partial charge in [0.15, 0.2) is 0 Å². The van der Waals surface area contributed by atoms with Gasteiger partial charge in [-0.25, -0.2) is 4.57 Å².